The van der Waals surface area contributed by atoms with Gasteiger partial charge in [-0.05, 0) is 62.1 Å². The molecule has 0 spiro atoms. The maximum Gasteiger partial charge on any atom is 0.266 e. The normalized spacial score (nSPS) is 18.5. The molecule has 1 atom stereocenters. The van der Waals surface area contributed by atoms with E-state index in [1.165, 1.54) is 11.0 Å². The van der Waals surface area contributed by atoms with Crippen molar-refractivity contribution in [3.63, 3.8) is 0 Å². The van der Waals surface area contributed by atoms with Gasteiger partial charge in [-0.3, -0.25) is 14.4 Å². The number of aryl methyl sites for hydroxylation is 1. The molecule has 3 amide bonds. The highest BCUT2D eigenvalue weighted by molar-refractivity contribution is 6.35. The van der Waals surface area contributed by atoms with E-state index >= 15 is 0 Å². The Morgan fingerprint density at radius 3 is 2.68 bits per heavy atom. The first-order chi connectivity index (χ1) is 13.5. The Kier molecular flexibility index (Phi) is 4.73. The highest BCUT2D eigenvalue weighted by Gasteiger charge is 2.38. The van der Waals surface area contributed by atoms with Gasteiger partial charge in [0.25, 0.3) is 17.7 Å². The van der Waals surface area contributed by atoms with Gasteiger partial charge in [-0.15, -0.1) is 0 Å². The smallest absolute Gasteiger partial charge is 0.266 e. The Morgan fingerprint density at radius 1 is 1.14 bits per heavy atom. The van der Waals surface area contributed by atoms with Crippen molar-refractivity contribution in [1.82, 2.24) is 5.32 Å². The maximum atomic E-state index is 13.0. The highest BCUT2D eigenvalue weighted by Crippen LogP contribution is 2.32. The van der Waals surface area contributed by atoms with Crippen LogP contribution in [0.15, 0.2) is 36.4 Å². The minimum atomic E-state index is -0.400. The van der Waals surface area contributed by atoms with E-state index in [1.54, 1.807) is 18.2 Å². The van der Waals surface area contributed by atoms with Gasteiger partial charge in [0.1, 0.15) is 0 Å². The van der Waals surface area contributed by atoms with E-state index in [0.29, 0.717) is 23.4 Å². The van der Waals surface area contributed by atoms with Gasteiger partial charge >= 0.3 is 0 Å². The van der Waals surface area contributed by atoms with E-state index in [9.17, 15) is 14.4 Å². The molecule has 6 nitrogen and oxygen atoms in total. The number of imide groups is 1. The minimum Gasteiger partial charge on any atom is -0.376 e. The van der Waals surface area contributed by atoms with Gasteiger partial charge in [0, 0.05) is 18.7 Å². The van der Waals surface area contributed by atoms with Crippen LogP contribution in [0, 0.1) is 13.8 Å². The van der Waals surface area contributed by atoms with Crippen LogP contribution in [-0.4, -0.2) is 37.0 Å². The largest absolute Gasteiger partial charge is 0.376 e. The zero-order valence-corrected chi connectivity index (χ0v) is 16.0. The number of carbonyl (C=O) groups is 3. The quantitative estimate of drug-likeness (QED) is 0.830. The van der Waals surface area contributed by atoms with Crippen molar-refractivity contribution in [3.8, 4) is 0 Å². The van der Waals surface area contributed by atoms with E-state index in [1.807, 2.05) is 26.0 Å². The third kappa shape index (κ3) is 3.10. The maximum absolute atomic E-state index is 13.0. The molecule has 4 rings (SSSR count). The minimum absolute atomic E-state index is 0.0429. The van der Waals surface area contributed by atoms with Gasteiger partial charge in [-0.25, -0.2) is 4.90 Å². The van der Waals surface area contributed by atoms with Crippen molar-refractivity contribution in [1.29, 1.82) is 0 Å². The second kappa shape index (κ2) is 7.20. The second-order valence-corrected chi connectivity index (χ2v) is 7.27. The number of anilines is 1. The Hall–Kier alpha value is -2.99. The lowest BCUT2D eigenvalue weighted by atomic mass is 10.1. The molecule has 0 unspecified atom stereocenters. The third-order valence-corrected chi connectivity index (χ3v) is 5.48. The summed E-state index contributed by atoms with van der Waals surface area (Å²) in [5.41, 5.74) is 3.41. The molecule has 2 aromatic rings. The molecule has 0 bridgehead atoms. The van der Waals surface area contributed by atoms with Crippen molar-refractivity contribution in [3.05, 3.63) is 64.2 Å². The molecular weight excluding hydrogens is 356 g/mol. The van der Waals surface area contributed by atoms with Gasteiger partial charge in [-0.2, -0.15) is 0 Å². The summed E-state index contributed by atoms with van der Waals surface area (Å²) in [5, 5.41) is 2.84. The molecule has 6 heteroatoms. The number of hydrogen-bond acceptors (Lipinski definition) is 4. The topological polar surface area (TPSA) is 75.7 Å². The summed E-state index contributed by atoms with van der Waals surface area (Å²) >= 11 is 0. The Bertz CT molecular complexity index is 976. The summed E-state index contributed by atoms with van der Waals surface area (Å²) in [4.78, 5) is 39.5. The average molecular weight is 378 g/mol. The number of benzene rings is 2. The van der Waals surface area contributed by atoms with E-state index in [0.717, 1.165) is 30.6 Å². The molecule has 1 saturated heterocycles. The predicted molar refractivity (Wildman–Crippen MR) is 105 cm³/mol. The lowest BCUT2D eigenvalue weighted by Gasteiger charge is -2.17. The molecule has 1 fully saturated rings. The SMILES string of the molecule is Cc1cccc(N2C(=O)c3ccc(C(=O)NC[C@@H]4CCCO4)cc3C2=O)c1C. The van der Waals surface area contributed by atoms with E-state index in [2.05, 4.69) is 5.32 Å². The highest BCUT2D eigenvalue weighted by atomic mass is 16.5. The number of nitrogens with zero attached hydrogens (tertiary/aromatic N) is 1. The predicted octanol–water partition coefficient (Wildman–Crippen LogP) is 3.01. The van der Waals surface area contributed by atoms with Gasteiger partial charge in [0.15, 0.2) is 0 Å². The fourth-order valence-corrected chi connectivity index (χ4v) is 3.69. The summed E-state index contributed by atoms with van der Waals surface area (Å²) in [6, 6.07) is 10.2. The van der Waals surface area contributed by atoms with Crippen LogP contribution in [0.2, 0.25) is 0 Å². The van der Waals surface area contributed by atoms with Crippen LogP contribution in [0.1, 0.15) is 55.0 Å². The zero-order chi connectivity index (χ0) is 19.8. The average Bonchev–Trinajstić information content (AvgIpc) is 3.30. The Morgan fingerprint density at radius 2 is 1.93 bits per heavy atom. The Balaban J connectivity index is 1.58. The van der Waals surface area contributed by atoms with Crippen LogP contribution in [0.4, 0.5) is 5.69 Å². The van der Waals surface area contributed by atoms with Gasteiger partial charge < -0.3 is 10.1 Å². The van der Waals surface area contributed by atoms with E-state index < -0.39 is 5.91 Å². The number of hydrogen-bond donors (Lipinski definition) is 1. The summed E-state index contributed by atoms with van der Waals surface area (Å²) in [5.74, 6) is -1.04. The lowest BCUT2D eigenvalue weighted by molar-refractivity contribution is 0.0857. The molecule has 1 N–H and O–H groups in total. The summed E-state index contributed by atoms with van der Waals surface area (Å²) in [6.45, 7) is 4.99. The first-order valence-corrected chi connectivity index (χ1v) is 9.46. The molecule has 0 saturated carbocycles. The molecule has 0 radical (unpaired) electrons. The number of ether oxygens (including phenoxy) is 1. The van der Waals surface area contributed by atoms with Crippen molar-refractivity contribution in [2.24, 2.45) is 0 Å². The van der Waals surface area contributed by atoms with Crippen LogP contribution >= 0.6 is 0 Å². The van der Waals surface area contributed by atoms with Gasteiger partial charge in [-0.1, -0.05) is 12.1 Å². The number of carbonyl (C=O) groups excluding carboxylic acids is 3. The lowest BCUT2D eigenvalue weighted by Crippen LogP contribution is -2.32. The van der Waals surface area contributed by atoms with Crippen LogP contribution < -0.4 is 10.2 Å². The zero-order valence-electron chi connectivity index (χ0n) is 16.0. The van der Waals surface area contributed by atoms with Crippen molar-refractivity contribution >= 4 is 23.4 Å². The van der Waals surface area contributed by atoms with E-state index in [4.69, 9.17) is 4.74 Å². The molecule has 0 aromatic heterocycles. The van der Waals surface area contributed by atoms with Crippen LogP contribution in [0.3, 0.4) is 0 Å². The molecule has 28 heavy (non-hydrogen) atoms. The van der Waals surface area contributed by atoms with Crippen LogP contribution in [0.5, 0.6) is 0 Å². The molecule has 2 aliphatic heterocycles. The molecule has 144 valence electrons. The monoisotopic (exact) mass is 378 g/mol. The molecule has 2 heterocycles. The molecular formula is C22H22N2O4. The van der Waals surface area contributed by atoms with E-state index in [-0.39, 0.29) is 23.5 Å². The molecule has 0 aliphatic carbocycles. The van der Waals surface area contributed by atoms with Crippen molar-refractivity contribution in [2.45, 2.75) is 32.8 Å². The van der Waals surface area contributed by atoms with Crippen molar-refractivity contribution in [2.75, 3.05) is 18.1 Å². The molecule has 2 aromatic carbocycles. The summed E-state index contributed by atoms with van der Waals surface area (Å²) in [7, 11) is 0. The van der Waals surface area contributed by atoms with Gasteiger partial charge in [0.2, 0.25) is 0 Å². The first kappa shape index (κ1) is 18.4. The number of rotatable bonds is 4. The fraction of sp³-hybridized carbons (Fsp3) is 0.318. The fourth-order valence-electron chi connectivity index (χ4n) is 3.69. The molecule has 2 aliphatic rings. The summed E-state index contributed by atoms with van der Waals surface area (Å²) < 4.78 is 5.51. The first-order valence-electron chi connectivity index (χ1n) is 9.46. The van der Waals surface area contributed by atoms with Gasteiger partial charge in [0.05, 0.1) is 22.9 Å². The van der Waals surface area contributed by atoms with Crippen LogP contribution in [-0.2, 0) is 4.74 Å². The standard InChI is InChI=1S/C22H22N2O4/c1-13-5-3-7-19(14(13)2)24-21(26)17-9-8-15(11-18(17)22(24)27)20(25)23-12-16-6-4-10-28-16/h3,5,7-9,11,16H,4,6,10,12H2,1-2H3,(H,23,25)/t16-/m0/s1. The third-order valence-electron chi connectivity index (χ3n) is 5.48. The number of nitrogens with one attached hydrogen (secondary N) is 1. The second-order valence-electron chi connectivity index (χ2n) is 7.27. The number of amides is 3. The Labute approximate surface area is 163 Å². The number of fused-ring (bicyclic) bond motifs is 1. The van der Waals surface area contributed by atoms with Crippen molar-refractivity contribution < 1.29 is 19.1 Å². The van der Waals surface area contributed by atoms with Crippen LogP contribution in [0.25, 0.3) is 0 Å². The summed E-state index contributed by atoms with van der Waals surface area (Å²) in [6.07, 6.45) is 1.98.